The van der Waals surface area contributed by atoms with Crippen LogP contribution in [0.3, 0.4) is 0 Å². The number of sulfonamides is 1. The number of imide groups is 1. The maximum absolute atomic E-state index is 12.9. The Balaban J connectivity index is 1.43. The lowest BCUT2D eigenvalue weighted by molar-refractivity contribution is 0.0500. The average molecular weight is 454 g/mol. The van der Waals surface area contributed by atoms with Gasteiger partial charge in [-0.25, -0.2) is 8.42 Å². The molecular formula is C19H17Cl2N3O4S. The molecule has 0 spiro atoms. The van der Waals surface area contributed by atoms with Crippen LogP contribution in [0, 0.1) is 0 Å². The van der Waals surface area contributed by atoms with Gasteiger partial charge in [-0.15, -0.1) is 0 Å². The molecule has 0 bridgehead atoms. The molecule has 2 aromatic rings. The highest BCUT2D eigenvalue weighted by Crippen LogP contribution is 2.28. The van der Waals surface area contributed by atoms with Crippen LogP contribution in [-0.2, 0) is 10.0 Å². The van der Waals surface area contributed by atoms with Crippen molar-refractivity contribution >= 4 is 45.0 Å². The van der Waals surface area contributed by atoms with E-state index in [0.717, 1.165) is 0 Å². The summed E-state index contributed by atoms with van der Waals surface area (Å²) in [4.78, 5) is 28.1. The molecule has 152 valence electrons. The zero-order valence-electron chi connectivity index (χ0n) is 15.2. The molecule has 2 aliphatic heterocycles. The molecule has 0 unspecified atom stereocenters. The molecule has 0 atom stereocenters. The van der Waals surface area contributed by atoms with E-state index in [1.165, 1.54) is 27.4 Å². The van der Waals surface area contributed by atoms with E-state index in [0.29, 0.717) is 24.2 Å². The second-order valence-corrected chi connectivity index (χ2v) is 9.57. The molecule has 0 saturated carbocycles. The molecule has 2 aliphatic rings. The number of benzene rings is 2. The molecule has 2 aromatic carbocycles. The van der Waals surface area contributed by atoms with Gasteiger partial charge in [0.25, 0.3) is 11.8 Å². The molecule has 0 N–H and O–H groups in total. The quantitative estimate of drug-likeness (QED) is 0.664. The minimum absolute atomic E-state index is 0.0273. The first kappa shape index (κ1) is 20.3. The number of carbonyl (C=O) groups is 2. The smallest absolute Gasteiger partial charge is 0.262 e. The van der Waals surface area contributed by atoms with Crippen molar-refractivity contribution < 1.29 is 18.0 Å². The third-order valence-electron chi connectivity index (χ3n) is 5.06. The number of amides is 2. The number of piperazine rings is 1. The SMILES string of the molecule is O=C1c2ccccc2C(=O)N1CN1CCN(S(=O)(=O)c2cc(Cl)ccc2Cl)CC1. The van der Waals surface area contributed by atoms with Crippen LogP contribution < -0.4 is 0 Å². The second kappa shape index (κ2) is 7.70. The molecule has 10 heteroatoms. The van der Waals surface area contributed by atoms with Gasteiger partial charge in [-0.2, -0.15) is 4.31 Å². The van der Waals surface area contributed by atoms with Gasteiger partial charge < -0.3 is 0 Å². The van der Waals surface area contributed by atoms with Crippen molar-refractivity contribution in [2.24, 2.45) is 0 Å². The van der Waals surface area contributed by atoms with Gasteiger partial charge in [0.2, 0.25) is 10.0 Å². The summed E-state index contributed by atoms with van der Waals surface area (Å²) in [7, 11) is -3.79. The number of rotatable bonds is 4. The minimum Gasteiger partial charge on any atom is -0.283 e. The third-order valence-corrected chi connectivity index (χ3v) is 7.68. The monoisotopic (exact) mass is 453 g/mol. The van der Waals surface area contributed by atoms with E-state index in [1.807, 2.05) is 4.90 Å². The van der Waals surface area contributed by atoms with Crippen LogP contribution in [-0.4, -0.2) is 67.2 Å². The minimum atomic E-state index is -3.79. The number of nitrogens with zero attached hydrogens (tertiary/aromatic N) is 3. The lowest BCUT2D eigenvalue weighted by Gasteiger charge is -2.35. The zero-order valence-corrected chi connectivity index (χ0v) is 17.5. The number of hydrogen-bond acceptors (Lipinski definition) is 5. The van der Waals surface area contributed by atoms with Crippen LogP contribution in [0.15, 0.2) is 47.4 Å². The van der Waals surface area contributed by atoms with Gasteiger partial charge in [0, 0.05) is 31.2 Å². The normalized spacial score (nSPS) is 18.3. The van der Waals surface area contributed by atoms with E-state index >= 15 is 0 Å². The Morgan fingerprint density at radius 3 is 2.03 bits per heavy atom. The van der Waals surface area contributed by atoms with E-state index < -0.39 is 10.0 Å². The average Bonchev–Trinajstić information content (AvgIpc) is 2.95. The molecule has 1 saturated heterocycles. The highest BCUT2D eigenvalue weighted by molar-refractivity contribution is 7.89. The van der Waals surface area contributed by atoms with Crippen LogP contribution in [0.2, 0.25) is 10.0 Å². The predicted octanol–water partition coefficient (Wildman–Crippen LogP) is 2.55. The van der Waals surface area contributed by atoms with Crippen molar-refractivity contribution in [3.05, 3.63) is 63.6 Å². The van der Waals surface area contributed by atoms with Crippen molar-refractivity contribution in [2.75, 3.05) is 32.8 Å². The van der Waals surface area contributed by atoms with Gasteiger partial charge in [-0.05, 0) is 30.3 Å². The topological polar surface area (TPSA) is 78.0 Å². The molecular weight excluding hydrogens is 437 g/mol. The summed E-state index contributed by atoms with van der Waals surface area (Å²) in [5.74, 6) is -0.655. The van der Waals surface area contributed by atoms with E-state index in [4.69, 9.17) is 23.2 Å². The maximum Gasteiger partial charge on any atom is 0.262 e. The summed E-state index contributed by atoms with van der Waals surface area (Å²) >= 11 is 12.0. The lowest BCUT2D eigenvalue weighted by atomic mass is 10.1. The van der Waals surface area contributed by atoms with Crippen molar-refractivity contribution in [1.29, 1.82) is 0 Å². The number of fused-ring (bicyclic) bond motifs is 1. The number of halogens is 2. The summed E-state index contributed by atoms with van der Waals surface area (Å²) in [5.41, 5.74) is 0.795. The van der Waals surface area contributed by atoms with Gasteiger partial charge in [0.15, 0.2) is 0 Å². The molecule has 0 aliphatic carbocycles. The van der Waals surface area contributed by atoms with Crippen LogP contribution in [0.25, 0.3) is 0 Å². The Morgan fingerprint density at radius 2 is 1.45 bits per heavy atom. The van der Waals surface area contributed by atoms with Gasteiger partial charge in [-0.1, -0.05) is 35.3 Å². The fraction of sp³-hybridized carbons (Fsp3) is 0.263. The first-order chi connectivity index (χ1) is 13.8. The zero-order chi connectivity index (χ0) is 20.8. The lowest BCUT2D eigenvalue weighted by Crippen LogP contribution is -2.52. The highest BCUT2D eigenvalue weighted by atomic mass is 35.5. The number of hydrogen-bond donors (Lipinski definition) is 0. The molecule has 0 radical (unpaired) electrons. The van der Waals surface area contributed by atoms with Crippen LogP contribution in [0.1, 0.15) is 20.7 Å². The Morgan fingerprint density at radius 1 is 0.862 bits per heavy atom. The van der Waals surface area contributed by atoms with Crippen LogP contribution in [0.4, 0.5) is 0 Å². The van der Waals surface area contributed by atoms with Crippen molar-refractivity contribution in [2.45, 2.75) is 4.90 Å². The summed E-state index contributed by atoms with van der Waals surface area (Å²) in [6, 6.07) is 11.0. The fourth-order valence-electron chi connectivity index (χ4n) is 3.49. The van der Waals surface area contributed by atoms with Gasteiger partial charge in [0.05, 0.1) is 22.8 Å². The molecule has 4 rings (SSSR count). The standard InChI is InChI=1S/C19H17Cl2N3O4S/c20-13-5-6-16(21)17(11-13)29(27,28)23-9-7-22(8-10-23)12-24-18(25)14-3-1-2-4-15(14)19(24)26/h1-6,11H,7-10,12H2. The van der Waals surface area contributed by atoms with E-state index in [-0.39, 0.29) is 46.5 Å². The van der Waals surface area contributed by atoms with E-state index in [2.05, 4.69) is 0 Å². The Labute approximate surface area is 178 Å². The third kappa shape index (κ3) is 3.67. The van der Waals surface area contributed by atoms with Crippen molar-refractivity contribution in [3.63, 3.8) is 0 Å². The first-order valence-electron chi connectivity index (χ1n) is 8.92. The van der Waals surface area contributed by atoms with Gasteiger partial charge >= 0.3 is 0 Å². The summed E-state index contributed by atoms with van der Waals surface area (Å²) in [6.07, 6.45) is 0. The molecule has 7 nitrogen and oxygen atoms in total. The Kier molecular flexibility index (Phi) is 5.39. The fourth-order valence-corrected chi connectivity index (χ4v) is 5.65. The van der Waals surface area contributed by atoms with Crippen molar-refractivity contribution in [1.82, 2.24) is 14.1 Å². The van der Waals surface area contributed by atoms with Crippen LogP contribution in [0.5, 0.6) is 0 Å². The van der Waals surface area contributed by atoms with E-state index in [1.54, 1.807) is 24.3 Å². The second-order valence-electron chi connectivity index (χ2n) is 6.82. The largest absolute Gasteiger partial charge is 0.283 e. The summed E-state index contributed by atoms with van der Waals surface area (Å²) in [5, 5.41) is 0.403. The number of carbonyl (C=O) groups excluding carboxylic acids is 2. The Hall–Kier alpha value is -1.97. The maximum atomic E-state index is 12.9. The molecule has 1 fully saturated rings. The van der Waals surface area contributed by atoms with Crippen LogP contribution >= 0.6 is 23.2 Å². The summed E-state index contributed by atoms with van der Waals surface area (Å²) in [6.45, 7) is 1.32. The molecule has 0 aromatic heterocycles. The molecule has 29 heavy (non-hydrogen) atoms. The van der Waals surface area contributed by atoms with Gasteiger partial charge in [0.1, 0.15) is 4.90 Å². The Bertz CT molecular complexity index is 1060. The van der Waals surface area contributed by atoms with Gasteiger partial charge in [-0.3, -0.25) is 19.4 Å². The highest BCUT2D eigenvalue weighted by Gasteiger charge is 2.37. The first-order valence-corrected chi connectivity index (χ1v) is 11.1. The predicted molar refractivity (Wildman–Crippen MR) is 109 cm³/mol. The molecule has 2 heterocycles. The van der Waals surface area contributed by atoms with E-state index in [9.17, 15) is 18.0 Å². The molecule has 2 amide bonds. The summed E-state index contributed by atoms with van der Waals surface area (Å²) < 4.78 is 27.2. The van der Waals surface area contributed by atoms with Crippen molar-refractivity contribution in [3.8, 4) is 0 Å².